The highest BCUT2D eigenvalue weighted by atomic mass is 16.5. The molecule has 0 aromatic heterocycles. The first-order chi connectivity index (χ1) is 7.19. The number of piperidine rings is 1. The standard InChI is InChI=1S/C12H24N2O/c1-12(9-13,15-2)10-4-3-7-14(8-10)11-5-6-11/h10-11H,3-9,13H2,1-2H3. The van der Waals surface area contributed by atoms with E-state index in [0.717, 1.165) is 6.04 Å². The normalized spacial score (nSPS) is 32.6. The van der Waals surface area contributed by atoms with Crippen LogP contribution in [0.4, 0.5) is 0 Å². The molecule has 0 amide bonds. The number of nitrogens with zero attached hydrogens (tertiary/aromatic N) is 1. The predicted molar refractivity (Wildman–Crippen MR) is 61.8 cm³/mol. The van der Waals surface area contributed by atoms with E-state index in [-0.39, 0.29) is 5.60 Å². The van der Waals surface area contributed by atoms with Gasteiger partial charge in [0.25, 0.3) is 0 Å². The molecule has 2 unspecified atom stereocenters. The van der Waals surface area contributed by atoms with Crippen LogP contribution in [0.3, 0.4) is 0 Å². The Bertz CT molecular complexity index is 212. The number of rotatable bonds is 4. The maximum atomic E-state index is 5.84. The summed E-state index contributed by atoms with van der Waals surface area (Å²) in [5.74, 6) is 0.613. The minimum Gasteiger partial charge on any atom is -0.377 e. The zero-order chi connectivity index (χ0) is 10.9. The minimum atomic E-state index is -0.117. The van der Waals surface area contributed by atoms with Crippen LogP contribution in [0.1, 0.15) is 32.6 Å². The molecule has 0 aromatic rings. The van der Waals surface area contributed by atoms with Crippen molar-refractivity contribution in [3.8, 4) is 0 Å². The molecule has 1 aliphatic heterocycles. The maximum absolute atomic E-state index is 5.84. The maximum Gasteiger partial charge on any atom is 0.0812 e. The lowest BCUT2D eigenvalue weighted by Gasteiger charge is -2.42. The van der Waals surface area contributed by atoms with Gasteiger partial charge in [0.15, 0.2) is 0 Å². The lowest BCUT2D eigenvalue weighted by Crippen LogP contribution is -2.51. The Morgan fingerprint density at radius 2 is 2.13 bits per heavy atom. The van der Waals surface area contributed by atoms with Gasteiger partial charge in [0.05, 0.1) is 5.60 Å². The second-order valence-electron chi connectivity index (χ2n) is 5.29. The van der Waals surface area contributed by atoms with Gasteiger partial charge in [-0.25, -0.2) is 0 Å². The third kappa shape index (κ3) is 2.35. The zero-order valence-electron chi connectivity index (χ0n) is 10.0. The van der Waals surface area contributed by atoms with Gasteiger partial charge in [0, 0.05) is 32.2 Å². The molecule has 1 aliphatic carbocycles. The van der Waals surface area contributed by atoms with E-state index in [9.17, 15) is 0 Å². The average Bonchev–Trinajstić information content (AvgIpc) is 3.12. The van der Waals surface area contributed by atoms with E-state index >= 15 is 0 Å². The first-order valence-corrected chi connectivity index (χ1v) is 6.19. The van der Waals surface area contributed by atoms with Crippen molar-refractivity contribution in [3.05, 3.63) is 0 Å². The molecule has 2 rings (SSSR count). The molecular weight excluding hydrogens is 188 g/mol. The summed E-state index contributed by atoms with van der Waals surface area (Å²) in [5, 5.41) is 0. The molecule has 2 fully saturated rings. The Morgan fingerprint density at radius 3 is 2.67 bits per heavy atom. The number of hydrogen-bond donors (Lipinski definition) is 1. The van der Waals surface area contributed by atoms with Crippen molar-refractivity contribution in [2.24, 2.45) is 11.7 Å². The number of methoxy groups -OCH3 is 1. The van der Waals surface area contributed by atoms with Gasteiger partial charge in [-0.05, 0) is 39.2 Å². The van der Waals surface area contributed by atoms with Gasteiger partial charge in [-0.2, -0.15) is 0 Å². The van der Waals surface area contributed by atoms with Gasteiger partial charge in [-0.1, -0.05) is 0 Å². The Hall–Kier alpha value is -0.120. The summed E-state index contributed by atoms with van der Waals surface area (Å²) in [5.41, 5.74) is 5.72. The van der Waals surface area contributed by atoms with Crippen molar-refractivity contribution in [1.82, 2.24) is 4.90 Å². The molecule has 2 atom stereocenters. The molecule has 0 spiro atoms. The van der Waals surface area contributed by atoms with Crippen LogP contribution in [-0.2, 0) is 4.74 Å². The summed E-state index contributed by atoms with van der Waals surface area (Å²) in [7, 11) is 1.79. The number of ether oxygens (including phenoxy) is 1. The molecule has 1 heterocycles. The van der Waals surface area contributed by atoms with Crippen LogP contribution < -0.4 is 5.73 Å². The molecule has 0 radical (unpaired) electrons. The fourth-order valence-electron chi connectivity index (χ4n) is 2.69. The van der Waals surface area contributed by atoms with Gasteiger partial charge < -0.3 is 15.4 Å². The highest BCUT2D eigenvalue weighted by molar-refractivity contribution is 4.94. The van der Waals surface area contributed by atoms with Crippen LogP contribution in [0.2, 0.25) is 0 Å². The van der Waals surface area contributed by atoms with Gasteiger partial charge in [0.1, 0.15) is 0 Å². The van der Waals surface area contributed by atoms with Gasteiger partial charge in [-0.15, -0.1) is 0 Å². The largest absolute Gasteiger partial charge is 0.377 e. The Morgan fingerprint density at radius 1 is 1.40 bits per heavy atom. The van der Waals surface area contributed by atoms with Crippen molar-refractivity contribution in [3.63, 3.8) is 0 Å². The topological polar surface area (TPSA) is 38.5 Å². The molecule has 88 valence electrons. The smallest absolute Gasteiger partial charge is 0.0812 e. The summed E-state index contributed by atoms with van der Waals surface area (Å²) in [6.45, 7) is 5.26. The van der Waals surface area contributed by atoms with Gasteiger partial charge >= 0.3 is 0 Å². The van der Waals surface area contributed by atoms with Crippen LogP contribution in [-0.4, -0.2) is 43.3 Å². The second-order valence-corrected chi connectivity index (χ2v) is 5.29. The molecule has 1 saturated heterocycles. The average molecular weight is 212 g/mol. The van der Waals surface area contributed by atoms with Crippen LogP contribution >= 0.6 is 0 Å². The third-order valence-corrected chi connectivity index (χ3v) is 4.25. The van der Waals surface area contributed by atoms with Crippen molar-refractivity contribution >= 4 is 0 Å². The summed E-state index contributed by atoms with van der Waals surface area (Å²) in [6.07, 6.45) is 5.38. The van der Waals surface area contributed by atoms with Crippen LogP contribution in [0, 0.1) is 5.92 Å². The molecular formula is C12H24N2O. The summed E-state index contributed by atoms with van der Waals surface area (Å²) in [6, 6.07) is 0.881. The number of hydrogen-bond acceptors (Lipinski definition) is 3. The SMILES string of the molecule is COC(C)(CN)C1CCCN(C2CC2)C1. The highest BCUT2D eigenvalue weighted by Gasteiger charge is 2.39. The van der Waals surface area contributed by atoms with Crippen molar-refractivity contribution in [1.29, 1.82) is 0 Å². The van der Waals surface area contributed by atoms with Crippen molar-refractivity contribution in [2.75, 3.05) is 26.7 Å². The fourth-order valence-corrected chi connectivity index (χ4v) is 2.69. The fraction of sp³-hybridized carbons (Fsp3) is 1.00. The van der Waals surface area contributed by atoms with Crippen molar-refractivity contribution < 1.29 is 4.74 Å². The summed E-state index contributed by atoms with van der Waals surface area (Å²) >= 11 is 0. The van der Waals surface area contributed by atoms with E-state index in [1.54, 1.807) is 7.11 Å². The lowest BCUT2D eigenvalue weighted by atomic mass is 9.82. The Labute approximate surface area is 93.0 Å². The van der Waals surface area contributed by atoms with E-state index in [1.165, 1.54) is 38.8 Å². The Balaban J connectivity index is 1.95. The van der Waals surface area contributed by atoms with E-state index in [2.05, 4.69) is 11.8 Å². The van der Waals surface area contributed by atoms with E-state index in [0.29, 0.717) is 12.5 Å². The Kier molecular flexibility index (Phi) is 3.33. The van der Waals surface area contributed by atoms with E-state index < -0.39 is 0 Å². The second kappa shape index (κ2) is 4.40. The van der Waals surface area contributed by atoms with Crippen LogP contribution in [0.15, 0.2) is 0 Å². The predicted octanol–water partition coefficient (Wildman–Crippen LogP) is 1.22. The third-order valence-electron chi connectivity index (χ3n) is 4.25. The van der Waals surface area contributed by atoms with E-state index in [4.69, 9.17) is 10.5 Å². The molecule has 1 saturated carbocycles. The van der Waals surface area contributed by atoms with Gasteiger partial charge in [0.2, 0.25) is 0 Å². The molecule has 0 aromatic carbocycles. The lowest BCUT2D eigenvalue weighted by molar-refractivity contribution is -0.0605. The van der Waals surface area contributed by atoms with Crippen molar-refractivity contribution in [2.45, 2.75) is 44.2 Å². The monoisotopic (exact) mass is 212 g/mol. The summed E-state index contributed by atoms with van der Waals surface area (Å²) < 4.78 is 5.62. The molecule has 0 bridgehead atoms. The number of nitrogens with two attached hydrogens (primary N) is 1. The first-order valence-electron chi connectivity index (χ1n) is 6.19. The quantitative estimate of drug-likeness (QED) is 0.761. The van der Waals surface area contributed by atoms with Gasteiger partial charge in [-0.3, -0.25) is 0 Å². The molecule has 2 N–H and O–H groups in total. The number of likely N-dealkylation sites (tertiary alicyclic amines) is 1. The van der Waals surface area contributed by atoms with E-state index in [1.807, 2.05) is 0 Å². The highest BCUT2D eigenvalue weighted by Crippen LogP contribution is 2.35. The molecule has 15 heavy (non-hydrogen) atoms. The van der Waals surface area contributed by atoms with Crippen LogP contribution in [0.5, 0.6) is 0 Å². The van der Waals surface area contributed by atoms with Crippen LogP contribution in [0.25, 0.3) is 0 Å². The minimum absolute atomic E-state index is 0.117. The first kappa shape index (κ1) is 11.4. The molecule has 2 aliphatic rings. The summed E-state index contributed by atoms with van der Waals surface area (Å²) in [4.78, 5) is 2.64. The molecule has 3 nitrogen and oxygen atoms in total. The molecule has 3 heteroatoms. The zero-order valence-corrected chi connectivity index (χ0v) is 10.0.